The second-order valence-electron chi connectivity index (χ2n) is 3.39. The van der Waals surface area contributed by atoms with Crippen LogP contribution in [0.25, 0.3) is 0 Å². The van der Waals surface area contributed by atoms with E-state index >= 15 is 0 Å². The second-order valence-corrected chi connectivity index (χ2v) is 3.39. The molecule has 82 valence electrons. The van der Waals surface area contributed by atoms with Crippen LogP contribution < -0.4 is 10.1 Å². The van der Waals surface area contributed by atoms with Gasteiger partial charge >= 0.3 is 0 Å². The van der Waals surface area contributed by atoms with Crippen LogP contribution in [-0.2, 0) is 6.54 Å². The van der Waals surface area contributed by atoms with Crippen LogP contribution in [0.4, 0.5) is 5.69 Å². The molecule has 0 unspecified atom stereocenters. The van der Waals surface area contributed by atoms with Gasteiger partial charge in [0, 0.05) is 24.0 Å². The van der Waals surface area contributed by atoms with Gasteiger partial charge in [-0.25, -0.2) is 4.98 Å². The van der Waals surface area contributed by atoms with Gasteiger partial charge in [-0.2, -0.15) is 0 Å². The molecule has 3 nitrogen and oxygen atoms in total. The van der Waals surface area contributed by atoms with E-state index in [1.807, 2.05) is 42.5 Å². The van der Waals surface area contributed by atoms with E-state index < -0.39 is 0 Å². The van der Waals surface area contributed by atoms with E-state index in [2.05, 4.69) is 10.3 Å². The Kier molecular flexibility index (Phi) is 3.38. The van der Waals surface area contributed by atoms with Gasteiger partial charge in [-0.05, 0) is 18.2 Å². The Morgan fingerprint density at radius 1 is 1.12 bits per heavy atom. The van der Waals surface area contributed by atoms with Gasteiger partial charge in [0.15, 0.2) is 0 Å². The Morgan fingerprint density at radius 3 is 2.69 bits per heavy atom. The van der Waals surface area contributed by atoms with Crippen LogP contribution in [0.2, 0.25) is 0 Å². The molecule has 2 rings (SSSR count). The summed E-state index contributed by atoms with van der Waals surface area (Å²) in [4.78, 5) is 4.15. The molecule has 0 atom stereocenters. The number of hydrogen-bond acceptors (Lipinski definition) is 3. The van der Waals surface area contributed by atoms with Gasteiger partial charge in [-0.1, -0.05) is 24.3 Å². The quantitative estimate of drug-likeness (QED) is 0.849. The first-order valence-electron chi connectivity index (χ1n) is 5.17. The van der Waals surface area contributed by atoms with E-state index in [0.717, 1.165) is 11.3 Å². The van der Waals surface area contributed by atoms with Crippen LogP contribution in [0.3, 0.4) is 0 Å². The van der Waals surface area contributed by atoms with E-state index in [9.17, 15) is 0 Å². The molecule has 0 aliphatic carbocycles. The molecule has 1 aromatic carbocycles. The highest BCUT2D eigenvalue weighted by Gasteiger charge is 2.01. The largest absolute Gasteiger partial charge is 0.481 e. The fraction of sp³-hybridized carbons (Fsp3) is 0.154. The van der Waals surface area contributed by atoms with Crippen LogP contribution in [0, 0.1) is 0 Å². The molecule has 0 saturated carbocycles. The SMILES string of the molecule is COc1ncccc1CNc1ccccc1. The number of para-hydroxylation sites is 1. The third kappa shape index (κ3) is 2.51. The molecule has 3 heteroatoms. The fourth-order valence-corrected chi connectivity index (χ4v) is 1.50. The average Bonchev–Trinajstić information content (AvgIpc) is 2.38. The molecule has 1 heterocycles. The van der Waals surface area contributed by atoms with Crippen molar-refractivity contribution in [2.75, 3.05) is 12.4 Å². The number of methoxy groups -OCH3 is 1. The number of hydrogen-bond donors (Lipinski definition) is 1. The van der Waals surface area contributed by atoms with Crippen molar-refractivity contribution in [2.24, 2.45) is 0 Å². The molecule has 0 aliphatic rings. The van der Waals surface area contributed by atoms with Crippen LogP contribution in [-0.4, -0.2) is 12.1 Å². The number of nitrogens with zero attached hydrogens (tertiary/aromatic N) is 1. The van der Waals surface area contributed by atoms with Crippen molar-refractivity contribution in [1.82, 2.24) is 4.98 Å². The van der Waals surface area contributed by atoms with E-state index in [1.54, 1.807) is 13.3 Å². The van der Waals surface area contributed by atoms with Gasteiger partial charge in [0.05, 0.1) is 7.11 Å². The first-order chi connectivity index (χ1) is 7.90. The summed E-state index contributed by atoms with van der Waals surface area (Å²) in [5.41, 5.74) is 2.14. The van der Waals surface area contributed by atoms with Crippen molar-refractivity contribution in [3.05, 3.63) is 54.2 Å². The maximum Gasteiger partial charge on any atom is 0.218 e. The molecule has 0 radical (unpaired) electrons. The zero-order chi connectivity index (χ0) is 11.2. The van der Waals surface area contributed by atoms with Crippen LogP contribution in [0.15, 0.2) is 48.7 Å². The summed E-state index contributed by atoms with van der Waals surface area (Å²) in [6, 6.07) is 14.0. The molecule has 0 fully saturated rings. The minimum atomic E-state index is 0.672. The van der Waals surface area contributed by atoms with Crippen molar-refractivity contribution in [3.63, 3.8) is 0 Å². The van der Waals surface area contributed by atoms with Crippen LogP contribution in [0.1, 0.15) is 5.56 Å². The summed E-state index contributed by atoms with van der Waals surface area (Å²) >= 11 is 0. The van der Waals surface area contributed by atoms with Crippen molar-refractivity contribution in [2.45, 2.75) is 6.54 Å². The van der Waals surface area contributed by atoms with E-state index in [0.29, 0.717) is 12.4 Å². The number of ether oxygens (including phenoxy) is 1. The van der Waals surface area contributed by atoms with Gasteiger partial charge in [0.1, 0.15) is 0 Å². The van der Waals surface area contributed by atoms with E-state index in [-0.39, 0.29) is 0 Å². The molecule has 0 spiro atoms. The summed E-state index contributed by atoms with van der Waals surface area (Å²) in [6.07, 6.45) is 1.73. The van der Waals surface area contributed by atoms with Crippen molar-refractivity contribution in [1.29, 1.82) is 0 Å². The molecule has 1 aromatic heterocycles. The zero-order valence-corrected chi connectivity index (χ0v) is 9.18. The average molecular weight is 214 g/mol. The highest BCUT2D eigenvalue weighted by molar-refractivity contribution is 5.43. The molecule has 1 N–H and O–H groups in total. The lowest BCUT2D eigenvalue weighted by Gasteiger charge is -2.09. The maximum absolute atomic E-state index is 5.18. The number of anilines is 1. The smallest absolute Gasteiger partial charge is 0.218 e. The minimum Gasteiger partial charge on any atom is -0.481 e. The Labute approximate surface area is 95.1 Å². The molecule has 2 aromatic rings. The van der Waals surface area contributed by atoms with Gasteiger partial charge in [0.25, 0.3) is 0 Å². The first-order valence-corrected chi connectivity index (χ1v) is 5.17. The van der Waals surface area contributed by atoms with Crippen LogP contribution >= 0.6 is 0 Å². The number of nitrogens with one attached hydrogen (secondary N) is 1. The monoisotopic (exact) mass is 214 g/mol. The highest BCUT2D eigenvalue weighted by Crippen LogP contribution is 2.15. The summed E-state index contributed by atoms with van der Waals surface area (Å²) in [5, 5.41) is 3.32. The standard InChI is InChI=1S/C13H14N2O/c1-16-13-11(6-5-9-14-13)10-15-12-7-3-2-4-8-12/h2-9,15H,10H2,1H3. The zero-order valence-electron chi connectivity index (χ0n) is 9.18. The van der Waals surface area contributed by atoms with E-state index in [1.165, 1.54) is 0 Å². The number of aromatic nitrogens is 1. The van der Waals surface area contributed by atoms with Crippen molar-refractivity contribution >= 4 is 5.69 Å². The Hall–Kier alpha value is -2.03. The third-order valence-electron chi connectivity index (χ3n) is 2.30. The summed E-state index contributed by atoms with van der Waals surface area (Å²) in [6.45, 7) is 0.709. The Balaban J connectivity index is 2.05. The number of rotatable bonds is 4. The maximum atomic E-state index is 5.18. The molecule has 0 aliphatic heterocycles. The van der Waals surface area contributed by atoms with Gasteiger partial charge in [-0.15, -0.1) is 0 Å². The lowest BCUT2D eigenvalue weighted by atomic mass is 10.2. The predicted molar refractivity (Wildman–Crippen MR) is 64.6 cm³/mol. The topological polar surface area (TPSA) is 34.1 Å². The summed E-state index contributed by atoms with van der Waals surface area (Å²) in [7, 11) is 1.63. The second kappa shape index (κ2) is 5.16. The van der Waals surface area contributed by atoms with Crippen molar-refractivity contribution in [3.8, 4) is 5.88 Å². The molecule has 16 heavy (non-hydrogen) atoms. The van der Waals surface area contributed by atoms with Crippen molar-refractivity contribution < 1.29 is 4.74 Å². The fourth-order valence-electron chi connectivity index (χ4n) is 1.50. The molecule has 0 saturated heterocycles. The molecule has 0 amide bonds. The highest BCUT2D eigenvalue weighted by atomic mass is 16.5. The van der Waals surface area contributed by atoms with Crippen LogP contribution in [0.5, 0.6) is 5.88 Å². The Bertz CT molecular complexity index is 443. The van der Waals surface area contributed by atoms with E-state index in [4.69, 9.17) is 4.74 Å². The molecule has 0 bridgehead atoms. The number of benzene rings is 1. The van der Waals surface area contributed by atoms with Gasteiger partial charge in [-0.3, -0.25) is 0 Å². The van der Waals surface area contributed by atoms with Gasteiger partial charge in [0.2, 0.25) is 5.88 Å². The molecular weight excluding hydrogens is 200 g/mol. The lowest BCUT2D eigenvalue weighted by molar-refractivity contribution is 0.393. The van der Waals surface area contributed by atoms with Gasteiger partial charge < -0.3 is 10.1 Å². The summed E-state index contributed by atoms with van der Waals surface area (Å²) < 4.78 is 5.18. The first kappa shape index (κ1) is 10.5. The predicted octanol–water partition coefficient (Wildman–Crippen LogP) is 2.70. The third-order valence-corrected chi connectivity index (χ3v) is 2.30. The normalized spacial score (nSPS) is 9.81. The minimum absolute atomic E-state index is 0.672. The lowest BCUT2D eigenvalue weighted by Crippen LogP contribution is -2.02. The Morgan fingerprint density at radius 2 is 1.94 bits per heavy atom. The molecular formula is C13H14N2O. The summed E-state index contributed by atoms with van der Waals surface area (Å²) in [5.74, 6) is 0.672. The number of pyridine rings is 1.